The molecule has 1 aliphatic heterocycles. The molecule has 1 fully saturated rings. The summed E-state index contributed by atoms with van der Waals surface area (Å²) < 4.78 is 0. The highest BCUT2D eigenvalue weighted by atomic mass is 35.5. The van der Waals surface area contributed by atoms with E-state index in [0.29, 0.717) is 22.9 Å². The third-order valence-electron chi connectivity index (χ3n) is 3.64. The lowest BCUT2D eigenvalue weighted by molar-refractivity contribution is -0.118. The largest absolute Gasteiger partial charge is 0.397 e. The van der Waals surface area contributed by atoms with Gasteiger partial charge >= 0.3 is 0 Å². The number of nitrogens with zero attached hydrogens (tertiary/aromatic N) is 1. The smallest absolute Gasteiger partial charge is 0.238 e. The number of rotatable bonds is 3. The summed E-state index contributed by atoms with van der Waals surface area (Å²) in [5, 5.41) is 3.40. The van der Waals surface area contributed by atoms with Crippen LogP contribution < -0.4 is 11.1 Å². The van der Waals surface area contributed by atoms with Crippen molar-refractivity contribution in [3.8, 4) is 0 Å². The molecule has 1 aromatic carbocycles. The number of nitrogen functional groups attached to an aromatic ring is 1. The molecule has 1 saturated heterocycles. The molecule has 0 radical (unpaired) electrons. The van der Waals surface area contributed by atoms with Crippen LogP contribution in [-0.4, -0.2) is 30.4 Å². The number of carbonyl (C=O) groups is 1. The Morgan fingerprint density at radius 2 is 2.25 bits per heavy atom. The van der Waals surface area contributed by atoms with Gasteiger partial charge in [0, 0.05) is 11.6 Å². The van der Waals surface area contributed by atoms with Crippen LogP contribution in [0.5, 0.6) is 0 Å². The SMILES string of the molecule is CC1(C)CCCN(CC(=O)Nc2cc(Cl)ccc2N)C1. The molecule has 2 rings (SSSR count). The van der Waals surface area contributed by atoms with Crippen LogP contribution in [0, 0.1) is 5.41 Å². The van der Waals surface area contributed by atoms with Gasteiger partial charge in [0.1, 0.15) is 0 Å². The molecule has 1 aromatic rings. The number of hydrogen-bond donors (Lipinski definition) is 2. The van der Waals surface area contributed by atoms with E-state index in [2.05, 4.69) is 24.1 Å². The standard InChI is InChI=1S/C15H22ClN3O/c1-15(2)6-3-7-19(10-15)9-14(20)18-13-8-11(16)4-5-12(13)17/h4-5,8H,3,6-7,9-10,17H2,1-2H3,(H,18,20). The Hall–Kier alpha value is -1.26. The van der Waals surface area contributed by atoms with Crippen LogP contribution >= 0.6 is 11.6 Å². The van der Waals surface area contributed by atoms with E-state index in [1.54, 1.807) is 18.2 Å². The Morgan fingerprint density at radius 1 is 1.50 bits per heavy atom. The predicted octanol–water partition coefficient (Wildman–Crippen LogP) is 2.98. The summed E-state index contributed by atoms with van der Waals surface area (Å²) in [6.45, 7) is 6.81. The summed E-state index contributed by atoms with van der Waals surface area (Å²) in [4.78, 5) is 14.3. The third kappa shape index (κ3) is 4.12. The third-order valence-corrected chi connectivity index (χ3v) is 3.87. The predicted molar refractivity (Wildman–Crippen MR) is 83.9 cm³/mol. The number of hydrogen-bond acceptors (Lipinski definition) is 3. The van der Waals surface area contributed by atoms with Crippen molar-refractivity contribution < 1.29 is 4.79 Å². The fourth-order valence-corrected chi connectivity index (χ4v) is 2.88. The molecule has 5 heteroatoms. The first-order valence-corrected chi connectivity index (χ1v) is 7.31. The first-order chi connectivity index (χ1) is 9.35. The van der Waals surface area contributed by atoms with Crippen LogP contribution in [0.2, 0.25) is 5.02 Å². The monoisotopic (exact) mass is 295 g/mol. The zero-order valence-corrected chi connectivity index (χ0v) is 12.8. The minimum atomic E-state index is -0.0448. The van der Waals surface area contributed by atoms with E-state index >= 15 is 0 Å². The molecule has 0 bridgehead atoms. The topological polar surface area (TPSA) is 58.4 Å². The minimum absolute atomic E-state index is 0.0448. The number of anilines is 2. The highest BCUT2D eigenvalue weighted by molar-refractivity contribution is 6.31. The van der Waals surface area contributed by atoms with Gasteiger partial charge in [-0.3, -0.25) is 9.69 Å². The molecule has 1 heterocycles. The van der Waals surface area contributed by atoms with Gasteiger partial charge in [-0.2, -0.15) is 0 Å². The lowest BCUT2D eigenvalue weighted by Gasteiger charge is -2.37. The summed E-state index contributed by atoms with van der Waals surface area (Å²) in [7, 11) is 0. The number of benzene rings is 1. The normalized spacial score (nSPS) is 18.8. The van der Waals surface area contributed by atoms with E-state index in [1.165, 1.54) is 6.42 Å². The second-order valence-corrected chi connectivity index (χ2v) is 6.69. The molecule has 0 atom stereocenters. The van der Waals surface area contributed by atoms with Gasteiger partial charge in [0.2, 0.25) is 5.91 Å². The molecular formula is C15H22ClN3O. The number of likely N-dealkylation sites (tertiary alicyclic amines) is 1. The van der Waals surface area contributed by atoms with Crippen molar-refractivity contribution in [2.24, 2.45) is 5.41 Å². The molecule has 0 unspecified atom stereocenters. The van der Waals surface area contributed by atoms with Gasteiger partial charge in [-0.25, -0.2) is 0 Å². The molecule has 1 aliphatic rings. The maximum absolute atomic E-state index is 12.1. The zero-order chi connectivity index (χ0) is 14.8. The quantitative estimate of drug-likeness (QED) is 0.843. The van der Waals surface area contributed by atoms with Gasteiger partial charge in [0.25, 0.3) is 0 Å². The molecule has 0 saturated carbocycles. The summed E-state index contributed by atoms with van der Waals surface area (Å²) >= 11 is 5.91. The van der Waals surface area contributed by atoms with E-state index in [-0.39, 0.29) is 11.3 Å². The molecule has 0 aromatic heterocycles. The molecule has 3 N–H and O–H groups in total. The van der Waals surface area contributed by atoms with Gasteiger partial charge in [-0.05, 0) is 43.0 Å². The molecule has 0 aliphatic carbocycles. The van der Waals surface area contributed by atoms with Crippen molar-refractivity contribution in [3.63, 3.8) is 0 Å². The first kappa shape index (κ1) is 15.1. The lowest BCUT2D eigenvalue weighted by atomic mass is 9.84. The van der Waals surface area contributed by atoms with Gasteiger partial charge in [-0.1, -0.05) is 25.4 Å². The van der Waals surface area contributed by atoms with Crippen molar-refractivity contribution in [2.45, 2.75) is 26.7 Å². The van der Waals surface area contributed by atoms with Crippen LogP contribution in [0.25, 0.3) is 0 Å². The molecule has 1 amide bonds. The van der Waals surface area contributed by atoms with E-state index in [0.717, 1.165) is 19.5 Å². The van der Waals surface area contributed by atoms with Gasteiger partial charge < -0.3 is 11.1 Å². The number of carbonyl (C=O) groups excluding carboxylic acids is 1. The molecule has 20 heavy (non-hydrogen) atoms. The van der Waals surface area contributed by atoms with Gasteiger partial charge in [0.05, 0.1) is 17.9 Å². The Bertz CT molecular complexity index is 502. The molecule has 4 nitrogen and oxygen atoms in total. The van der Waals surface area contributed by atoms with Crippen LogP contribution in [0.1, 0.15) is 26.7 Å². The van der Waals surface area contributed by atoms with Gasteiger partial charge in [-0.15, -0.1) is 0 Å². The number of nitrogens with one attached hydrogen (secondary N) is 1. The Kier molecular flexibility index (Phi) is 4.55. The van der Waals surface area contributed by atoms with Crippen LogP contribution in [0.15, 0.2) is 18.2 Å². The Morgan fingerprint density at radius 3 is 2.95 bits per heavy atom. The maximum atomic E-state index is 12.1. The molecule has 110 valence electrons. The number of amides is 1. The van der Waals surface area contributed by atoms with E-state index < -0.39 is 0 Å². The average molecular weight is 296 g/mol. The van der Waals surface area contributed by atoms with E-state index in [1.807, 2.05) is 0 Å². The van der Waals surface area contributed by atoms with Gasteiger partial charge in [0.15, 0.2) is 0 Å². The first-order valence-electron chi connectivity index (χ1n) is 6.93. The zero-order valence-electron chi connectivity index (χ0n) is 12.1. The second-order valence-electron chi connectivity index (χ2n) is 6.26. The maximum Gasteiger partial charge on any atom is 0.238 e. The fourth-order valence-electron chi connectivity index (χ4n) is 2.71. The molecule has 0 spiro atoms. The minimum Gasteiger partial charge on any atom is -0.397 e. The van der Waals surface area contributed by atoms with Crippen molar-refractivity contribution in [3.05, 3.63) is 23.2 Å². The Balaban J connectivity index is 1.94. The highest BCUT2D eigenvalue weighted by Crippen LogP contribution is 2.28. The van der Waals surface area contributed by atoms with Crippen LogP contribution in [0.3, 0.4) is 0 Å². The summed E-state index contributed by atoms with van der Waals surface area (Å²) in [5.41, 5.74) is 7.22. The van der Waals surface area contributed by atoms with Crippen molar-refractivity contribution >= 4 is 28.9 Å². The summed E-state index contributed by atoms with van der Waals surface area (Å²) in [6, 6.07) is 5.08. The van der Waals surface area contributed by atoms with E-state index in [9.17, 15) is 4.79 Å². The molecular weight excluding hydrogens is 274 g/mol. The van der Waals surface area contributed by atoms with Crippen LogP contribution in [-0.2, 0) is 4.79 Å². The summed E-state index contributed by atoms with van der Waals surface area (Å²) in [5.74, 6) is -0.0448. The Labute approximate surface area is 125 Å². The highest BCUT2D eigenvalue weighted by Gasteiger charge is 2.27. The van der Waals surface area contributed by atoms with Crippen LogP contribution in [0.4, 0.5) is 11.4 Å². The lowest BCUT2D eigenvalue weighted by Crippen LogP contribution is -2.43. The fraction of sp³-hybridized carbons (Fsp3) is 0.533. The van der Waals surface area contributed by atoms with E-state index in [4.69, 9.17) is 17.3 Å². The van der Waals surface area contributed by atoms with Crippen molar-refractivity contribution in [2.75, 3.05) is 30.7 Å². The average Bonchev–Trinajstić information content (AvgIpc) is 2.32. The van der Waals surface area contributed by atoms with Crippen molar-refractivity contribution in [1.29, 1.82) is 0 Å². The number of piperidine rings is 1. The van der Waals surface area contributed by atoms with Crippen molar-refractivity contribution in [1.82, 2.24) is 4.90 Å². The second kappa shape index (κ2) is 6.02. The number of halogens is 1. The number of nitrogens with two attached hydrogens (primary N) is 1. The summed E-state index contributed by atoms with van der Waals surface area (Å²) in [6.07, 6.45) is 2.35.